The number of rotatable bonds is 3. The minimum Gasteiger partial charge on any atom is -0.506 e. The summed E-state index contributed by atoms with van der Waals surface area (Å²) in [6.45, 7) is 0. The number of aromatic nitrogens is 1. The van der Waals surface area contributed by atoms with E-state index in [1.165, 1.54) is 0 Å². The number of halogens is 2. The van der Waals surface area contributed by atoms with E-state index in [1.807, 2.05) is 42.5 Å². The van der Waals surface area contributed by atoms with Crippen molar-refractivity contribution >= 4 is 54.9 Å². The van der Waals surface area contributed by atoms with Crippen molar-refractivity contribution in [1.82, 2.24) is 4.98 Å². The van der Waals surface area contributed by atoms with Crippen molar-refractivity contribution in [3.63, 3.8) is 0 Å². The summed E-state index contributed by atoms with van der Waals surface area (Å²) in [6, 6.07) is 13.2. The lowest BCUT2D eigenvalue weighted by atomic mass is 10.1. The van der Waals surface area contributed by atoms with Gasteiger partial charge in [0, 0.05) is 5.39 Å². The Morgan fingerprint density at radius 1 is 1.04 bits per heavy atom. The standard InChI is InChI=1S/C18H13Br2NO2/c1-23-18-14(19)9-11(10-15(18)20)5-7-13-8-6-12-3-2-4-16(22)17(12)21-13/h2-10,22H,1H3/b7-5-. The highest BCUT2D eigenvalue weighted by molar-refractivity contribution is 9.11. The molecule has 0 saturated heterocycles. The van der Waals surface area contributed by atoms with Crippen LogP contribution < -0.4 is 4.74 Å². The van der Waals surface area contributed by atoms with Crippen molar-refractivity contribution in [1.29, 1.82) is 0 Å². The van der Waals surface area contributed by atoms with Crippen LogP contribution in [0.5, 0.6) is 11.5 Å². The number of benzene rings is 2. The highest BCUT2D eigenvalue weighted by Crippen LogP contribution is 2.35. The monoisotopic (exact) mass is 433 g/mol. The average molecular weight is 435 g/mol. The molecular formula is C18H13Br2NO2. The number of methoxy groups -OCH3 is 1. The second-order valence-electron chi connectivity index (χ2n) is 4.94. The van der Waals surface area contributed by atoms with E-state index in [1.54, 1.807) is 19.2 Å². The van der Waals surface area contributed by atoms with Gasteiger partial charge in [0.1, 0.15) is 17.0 Å². The maximum atomic E-state index is 9.90. The zero-order valence-corrected chi connectivity index (χ0v) is 15.4. The average Bonchev–Trinajstić information content (AvgIpc) is 2.53. The van der Waals surface area contributed by atoms with Crippen molar-refractivity contribution < 1.29 is 9.84 Å². The summed E-state index contributed by atoms with van der Waals surface area (Å²) in [5, 5.41) is 10.8. The molecule has 0 saturated carbocycles. The molecule has 1 aromatic heterocycles. The molecule has 0 aliphatic heterocycles. The topological polar surface area (TPSA) is 42.4 Å². The lowest BCUT2D eigenvalue weighted by Gasteiger charge is -2.07. The van der Waals surface area contributed by atoms with E-state index in [0.29, 0.717) is 5.52 Å². The van der Waals surface area contributed by atoms with E-state index in [0.717, 1.165) is 31.3 Å². The number of aromatic hydroxyl groups is 1. The molecule has 1 heterocycles. The largest absolute Gasteiger partial charge is 0.506 e. The molecule has 0 atom stereocenters. The van der Waals surface area contributed by atoms with Crippen LogP contribution in [0, 0.1) is 0 Å². The van der Waals surface area contributed by atoms with Crippen LogP contribution in [-0.2, 0) is 0 Å². The molecule has 23 heavy (non-hydrogen) atoms. The third-order valence-electron chi connectivity index (χ3n) is 3.39. The summed E-state index contributed by atoms with van der Waals surface area (Å²) < 4.78 is 7.04. The molecule has 116 valence electrons. The van der Waals surface area contributed by atoms with Crippen LogP contribution in [0.15, 0.2) is 51.4 Å². The van der Waals surface area contributed by atoms with E-state index >= 15 is 0 Å². The predicted octanol–water partition coefficient (Wildman–Crippen LogP) is 5.64. The Morgan fingerprint density at radius 3 is 2.48 bits per heavy atom. The van der Waals surface area contributed by atoms with Crippen LogP contribution in [0.4, 0.5) is 0 Å². The number of pyridine rings is 1. The fraction of sp³-hybridized carbons (Fsp3) is 0.0556. The summed E-state index contributed by atoms with van der Waals surface area (Å²) in [7, 11) is 1.63. The third kappa shape index (κ3) is 3.41. The molecule has 2 aromatic carbocycles. The fourth-order valence-electron chi connectivity index (χ4n) is 2.29. The Labute approximate surface area is 150 Å². The summed E-state index contributed by atoms with van der Waals surface area (Å²) in [6.07, 6.45) is 3.87. The first-order valence-electron chi connectivity index (χ1n) is 6.88. The van der Waals surface area contributed by atoms with Crippen LogP contribution in [0.25, 0.3) is 23.1 Å². The molecule has 0 fully saturated rings. The lowest BCUT2D eigenvalue weighted by molar-refractivity contribution is 0.409. The Morgan fingerprint density at radius 2 is 1.78 bits per heavy atom. The number of fused-ring (bicyclic) bond motifs is 1. The number of hydrogen-bond acceptors (Lipinski definition) is 3. The van der Waals surface area contributed by atoms with Gasteiger partial charge in [0.25, 0.3) is 0 Å². The molecule has 1 N–H and O–H groups in total. The van der Waals surface area contributed by atoms with Crippen LogP contribution in [0.1, 0.15) is 11.3 Å². The zero-order chi connectivity index (χ0) is 16.4. The fourth-order valence-corrected chi connectivity index (χ4v) is 3.84. The number of ether oxygens (including phenoxy) is 1. The molecule has 0 amide bonds. The van der Waals surface area contributed by atoms with E-state index in [-0.39, 0.29) is 5.75 Å². The van der Waals surface area contributed by atoms with Crippen molar-refractivity contribution in [2.75, 3.05) is 7.11 Å². The molecule has 3 nitrogen and oxygen atoms in total. The van der Waals surface area contributed by atoms with Crippen molar-refractivity contribution in [2.45, 2.75) is 0 Å². The van der Waals surface area contributed by atoms with E-state index in [9.17, 15) is 5.11 Å². The van der Waals surface area contributed by atoms with Gasteiger partial charge in [-0.25, -0.2) is 4.98 Å². The van der Waals surface area contributed by atoms with Gasteiger partial charge in [-0.1, -0.05) is 24.3 Å². The van der Waals surface area contributed by atoms with Gasteiger partial charge in [-0.15, -0.1) is 0 Å². The molecule has 0 bridgehead atoms. The van der Waals surface area contributed by atoms with Gasteiger partial charge in [0.05, 0.1) is 21.7 Å². The summed E-state index contributed by atoms with van der Waals surface area (Å²) >= 11 is 6.98. The zero-order valence-electron chi connectivity index (χ0n) is 12.3. The lowest BCUT2D eigenvalue weighted by Crippen LogP contribution is -1.87. The van der Waals surface area contributed by atoms with Crippen LogP contribution in [0.2, 0.25) is 0 Å². The van der Waals surface area contributed by atoms with Gasteiger partial charge in [0.15, 0.2) is 0 Å². The first kappa shape index (κ1) is 16.0. The molecule has 0 aliphatic rings. The smallest absolute Gasteiger partial charge is 0.147 e. The van der Waals surface area contributed by atoms with Gasteiger partial charge in [-0.05, 0) is 67.8 Å². The van der Waals surface area contributed by atoms with Gasteiger partial charge in [-0.2, -0.15) is 0 Å². The summed E-state index contributed by atoms with van der Waals surface area (Å²) in [5.41, 5.74) is 2.39. The van der Waals surface area contributed by atoms with Gasteiger partial charge < -0.3 is 9.84 Å². The number of nitrogens with zero attached hydrogens (tertiary/aromatic N) is 1. The maximum Gasteiger partial charge on any atom is 0.147 e. The Balaban J connectivity index is 1.95. The number of phenolic OH excluding ortho intramolecular Hbond substituents is 1. The van der Waals surface area contributed by atoms with Crippen molar-refractivity contribution in [2.24, 2.45) is 0 Å². The molecule has 0 spiro atoms. The highest BCUT2D eigenvalue weighted by Gasteiger charge is 2.06. The Kier molecular flexibility index (Phi) is 4.68. The molecule has 3 aromatic rings. The quantitative estimate of drug-likeness (QED) is 0.579. The number of phenols is 1. The van der Waals surface area contributed by atoms with Gasteiger partial charge in [-0.3, -0.25) is 0 Å². The normalized spacial score (nSPS) is 11.3. The molecule has 0 unspecified atom stereocenters. The van der Waals surface area contributed by atoms with Gasteiger partial charge >= 0.3 is 0 Å². The molecule has 0 aliphatic carbocycles. The molecular weight excluding hydrogens is 422 g/mol. The van der Waals surface area contributed by atoms with E-state index in [4.69, 9.17) is 4.74 Å². The SMILES string of the molecule is COc1c(Br)cc(/C=C\c2ccc3cccc(O)c3n2)cc1Br. The third-order valence-corrected chi connectivity index (χ3v) is 4.57. The predicted molar refractivity (Wildman–Crippen MR) is 101 cm³/mol. The van der Waals surface area contributed by atoms with Crippen LogP contribution in [0.3, 0.4) is 0 Å². The Hall–Kier alpha value is -1.85. The second-order valence-corrected chi connectivity index (χ2v) is 6.64. The minimum atomic E-state index is 0.188. The van der Waals surface area contributed by atoms with E-state index in [2.05, 4.69) is 36.8 Å². The number of para-hydroxylation sites is 1. The summed E-state index contributed by atoms with van der Waals surface area (Å²) in [5.74, 6) is 0.948. The van der Waals surface area contributed by atoms with Crippen molar-refractivity contribution in [3.8, 4) is 11.5 Å². The van der Waals surface area contributed by atoms with Crippen LogP contribution >= 0.6 is 31.9 Å². The van der Waals surface area contributed by atoms with Gasteiger partial charge in [0.2, 0.25) is 0 Å². The van der Waals surface area contributed by atoms with Crippen molar-refractivity contribution in [3.05, 3.63) is 62.7 Å². The molecule has 3 rings (SSSR count). The van der Waals surface area contributed by atoms with E-state index < -0.39 is 0 Å². The maximum absolute atomic E-state index is 9.90. The first-order valence-corrected chi connectivity index (χ1v) is 8.47. The molecule has 0 radical (unpaired) electrons. The number of hydrogen-bond donors (Lipinski definition) is 1. The first-order chi connectivity index (χ1) is 11.1. The minimum absolute atomic E-state index is 0.188. The second kappa shape index (κ2) is 6.72. The summed E-state index contributed by atoms with van der Waals surface area (Å²) in [4.78, 5) is 4.48. The molecule has 5 heteroatoms. The Bertz CT molecular complexity index is 884. The highest BCUT2D eigenvalue weighted by atomic mass is 79.9. The van der Waals surface area contributed by atoms with Crippen LogP contribution in [-0.4, -0.2) is 17.2 Å².